The highest BCUT2D eigenvalue weighted by Gasteiger charge is 2.28. The summed E-state index contributed by atoms with van der Waals surface area (Å²) >= 11 is 0. The molecule has 0 saturated heterocycles. The standard InChI is InChI=1S/C25H24N4O4/c1-27-21(30)15-20(26-16-11-13-19(33-2)14-12-16)22-23(27)28(17-7-4-3-5-8-17)25(32)29(24(22)31)18-9-6-10-18/h3-5,7-8,11-15,18,26H,6,9-10H2,1-2H3. The Morgan fingerprint density at radius 2 is 1.67 bits per heavy atom. The highest BCUT2D eigenvalue weighted by atomic mass is 16.5. The lowest BCUT2D eigenvalue weighted by Gasteiger charge is -2.28. The lowest BCUT2D eigenvalue weighted by Crippen LogP contribution is -2.45. The van der Waals surface area contributed by atoms with Crippen molar-refractivity contribution in [1.29, 1.82) is 0 Å². The molecular formula is C25H24N4O4. The Labute approximate surface area is 189 Å². The maximum Gasteiger partial charge on any atom is 0.337 e. The van der Waals surface area contributed by atoms with Crippen molar-refractivity contribution in [1.82, 2.24) is 13.7 Å². The fourth-order valence-electron chi connectivity index (χ4n) is 4.27. The first-order valence-electron chi connectivity index (χ1n) is 10.9. The number of aromatic nitrogens is 3. The monoisotopic (exact) mass is 444 g/mol. The van der Waals surface area contributed by atoms with E-state index in [1.165, 1.54) is 19.8 Å². The average molecular weight is 444 g/mol. The molecule has 4 aromatic rings. The molecule has 0 amide bonds. The van der Waals surface area contributed by atoms with Crippen LogP contribution in [-0.4, -0.2) is 20.8 Å². The second kappa shape index (κ2) is 8.12. The smallest absolute Gasteiger partial charge is 0.337 e. The maximum atomic E-state index is 13.7. The fraction of sp³-hybridized carbons (Fsp3) is 0.240. The summed E-state index contributed by atoms with van der Waals surface area (Å²) in [4.78, 5) is 40.3. The minimum absolute atomic E-state index is 0.143. The van der Waals surface area contributed by atoms with Crippen molar-refractivity contribution in [3.63, 3.8) is 0 Å². The van der Waals surface area contributed by atoms with E-state index in [1.54, 1.807) is 50.6 Å². The summed E-state index contributed by atoms with van der Waals surface area (Å²) in [5.74, 6) is 0.694. The van der Waals surface area contributed by atoms with Gasteiger partial charge >= 0.3 is 5.69 Å². The zero-order valence-corrected chi connectivity index (χ0v) is 18.4. The maximum absolute atomic E-state index is 13.7. The van der Waals surface area contributed by atoms with Gasteiger partial charge < -0.3 is 10.1 Å². The Kier molecular flexibility index (Phi) is 5.12. The van der Waals surface area contributed by atoms with E-state index in [9.17, 15) is 14.4 Å². The van der Waals surface area contributed by atoms with Gasteiger partial charge in [-0.3, -0.25) is 18.7 Å². The van der Waals surface area contributed by atoms with Crippen molar-refractivity contribution in [2.45, 2.75) is 25.3 Å². The number of aryl methyl sites for hydroxylation is 1. The molecule has 33 heavy (non-hydrogen) atoms. The zero-order chi connectivity index (χ0) is 23.1. The van der Waals surface area contributed by atoms with Gasteiger partial charge in [0, 0.05) is 24.8 Å². The number of hydrogen-bond donors (Lipinski definition) is 1. The number of para-hydroxylation sites is 1. The minimum atomic E-state index is -0.431. The molecule has 168 valence electrons. The third kappa shape index (κ3) is 3.44. The molecule has 1 fully saturated rings. The highest BCUT2D eigenvalue weighted by Crippen LogP contribution is 2.31. The molecular weight excluding hydrogens is 420 g/mol. The van der Waals surface area contributed by atoms with Crippen LogP contribution in [0, 0.1) is 0 Å². The molecule has 5 rings (SSSR count). The van der Waals surface area contributed by atoms with E-state index in [0.29, 0.717) is 28.2 Å². The number of pyridine rings is 1. The third-order valence-corrected chi connectivity index (χ3v) is 6.27. The number of hydrogen-bond acceptors (Lipinski definition) is 5. The Morgan fingerprint density at radius 3 is 2.27 bits per heavy atom. The second-order valence-corrected chi connectivity index (χ2v) is 8.22. The average Bonchev–Trinajstić information content (AvgIpc) is 2.79. The van der Waals surface area contributed by atoms with Crippen molar-refractivity contribution < 1.29 is 4.74 Å². The van der Waals surface area contributed by atoms with Crippen molar-refractivity contribution in [2.24, 2.45) is 7.05 Å². The Hall–Kier alpha value is -4.07. The normalized spacial score (nSPS) is 13.6. The first kappa shape index (κ1) is 20.8. The van der Waals surface area contributed by atoms with E-state index in [1.807, 2.05) is 18.2 Å². The number of rotatable bonds is 5. The number of nitrogens with one attached hydrogen (secondary N) is 1. The van der Waals surface area contributed by atoms with E-state index < -0.39 is 11.2 Å². The molecule has 0 aliphatic heterocycles. The van der Waals surface area contributed by atoms with E-state index in [-0.39, 0.29) is 17.2 Å². The quantitative estimate of drug-likeness (QED) is 0.510. The van der Waals surface area contributed by atoms with Gasteiger partial charge in [-0.05, 0) is 55.7 Å². The van der Waals surface area contributed by atoms with Gasteiger partial charge in [-0.1, -0.05) is 18.2 Å². The molecule has 0 spiro atoms. The summed E-state index contributed by atoms with van der Waals surface area (Å²) in [5.41, 5.74) is 0.757. The first-order chi connectivity index (χ1) is 16.0. The fourth-order valence-corrected chi connectivity index (χ4v) is 4.27. The van der Waals surface area contributed by atoms with Gasteiger partial charge in [-0.25, -0.2) is 9.36 Å². The summed E-state index contributed by atoms with van der Waals surface area (Å²) < 4.78 is 9.38. The Morgan fingerprint density at radius 1 is 0.970 bits per heavy atom. The minimum Gasteiger partial charge on any atom is -0.497 e. The van der Waals surface area contributed by atoms with Gasteiger partial charge in [-0.2, -0.15) is 0 Å². The molecule has 1 aliphatic rings. The van der Waals surface area contributed by atoms with Crippen molar-refractivity contribution >= 4 is 22.4 Å². The van der Waals surface area contributed by atoms with E-state index >= 15 is 0 Å². The van der Waals surface area contributed by atoms with Crippen LogP contribution in [0.15, 0.2) is 75.0 Å². The molecule has 8 heteroatoms. The molecule has 1 aliphatic carbocycles. The van der Waals surface area contributed by atoms with Gasteiger partial charge in [-0.15, -0.1) is 0 Å². The highest BCUT2D eigenvalue weighted by molar-refractivity contribution is 5.91. The van der Waals surface area contributed by atoms with Crippen LogP contribution in [0.3, 0.4) is 0 Å². The number of methoxy groups -OCH3 is 1. The predicted octanol–water partition coefficient (Wildman–Crippen LogP) is 3.33. The summed E-state index contributed by atoms with van der Waals surface area (Å²) in [6, 6.07) is 17.5. The second-order valence-electron chi connectivity index (χ2n) is 8.22. The summed E-state index contributed by atoms with van der Waals surface area (Å²) in [5, 5.41) is 3.50. The first-order valence-corrected chi connectivity index (χ1v) is 10.9. The number of benzene rings is 2. The van der Waals surface area contributed by atoms with E-state index in [2.05, 4.69) is 5.32 Å². The van der Waals surface area contributed by atoms with Crippen LogP contribution in [-0.2, 0) is 7.05 Å². The lowest BCUT2D eigenvalue weighted by molar-refractivity contribution is 0.295. The SMILES string of the molecule is COc1ccc(Nc2cc(=O)n(C)c3c2c(=O)n(C2CCC2)c(=O)n3-c2ccccc2)cc1. The Balaban J connectivity index is 1.85. The summed E-state index contributed by atoms with van der Waals surface area (Å²) in [7, 11) is 3.16. The molecule has 2 aromatic carbocycles. The van der Waals surface area contributed by atoms with E-state index in [4.69, 9.17) is 4.74 Å². The van der Waals surface area contributed by atoms with Crippen LogP contribution in [0.5, 0.6) is 5.75 Å². The van der Waals surface area contributed by atoms with Crippen LogP contribution < -0.4 is 26.9 Å². The van der Waals surface area contributed by atoms with Crippen molar-refractivity contribution in [3.8, 4) is 11.4 Å². The largest absolute Gasteiger partial charge is 0.497 e. The third-order valence-electron chi connectivity index (χ3n) is 6.27. The molecule has 0 unspecified atom stereocenters. The van der Waals surface area contributed by atoms with Crippen molar-refractivity contribution in [3.05, 3.63) is 91.9 Å². The van der Waals surface area contributed by atoms with Gasteiger partial charge in [0.2, 0.25) is 0 Å². The lowest BCUT2D eigenvalue weighted by atomic mass is 9.93. The molecule has 8 nitrogen and oxygen atoms in total. The molecule has 2 aromatic heterocycles. The zero-order valence-electron chi connectivity index (χ0n) is 18.4. The van der Waals surface area contributed by atoms with Gasteiger partial charge in [0.1, 0.15) is 16.8 Å². The molecule has 0 atom stereocenters. The van der Waals surface area contributed by atoms with Crippen LogP contribution in [0.1, 0.15) is 25.3 Å². The van der Waals surface area contributed by atoms with Gasteiger partial charge in [0.05, 0.1) is 18.5 Å². The van der Waals surface area contributed by atoms with Crippen LogP contribution >= 0.6 is 0 Å². The van der Waals surface area contributed by atoms with E-state index in [0.717, 1.165) is 19.3 Å². The van der Waals surface area contributed by atoms with Crippen LogP contribution in [0.25, 0.3) is 16.7 Å². The molecule has 2 heterocycles. The van der Waals surface area contributed by atoms with Gasteiger partial charge in [0.25, 0.3) is 11.1 Å². The van der Waals surface area contributed by atoms with Crippen LogP contribution in [0.2, 0.25) is 0 Å². The van der Waals surface area contributed by atoms with Gasteiger partial charge in [0.15, 0.2) is 0 Å². The summed E-state index contributed by atoms with van der Waals surface area (Å²) in [6.45, 7) is 0. The molecule has 0 radical (unpaired) electrons. The topological polar surface area (TPSA) is 87.3 Å². The molecule has 1 saturated carbocycles. The number of nitrogens with zero attached hydrogens (tertiary/aromatic N) is 3. The van der Waals surface area contributed by atoms with Crippen LogP contribution in [0.4, 0.5) is 11.4 Å². The predicted molar refractivity (Wildman–Crippen MR) is 128 cm³/mol. The van der Waals surface area contributed by atoms with Crippen molar-refractivity contribution in [2.75, 3.05) is 12.4 Å². The molecule has 1 N–H and O–H groups in total. The molecule has 0 bridgehead atoms. The Bertz CT molecular complexity index is 1510. The number of ether oxygens (including phenoxy) is 1. The number of anilines is 2. The summed E-state index contributed by atoms with van der Waals surface area (Å²) in [6.07, 6.45) is 2.54. The number of fused-ring (bicyclic) bond motifs is 1.